The van der Waals surface area contributed by atoms with Gasteiger partial charge in [0.25, 0.3) is 0 Å². The van der Waals surface area contributed by atoms with E-state index in [0.29, 0.717) is 18.8 Å². The van der Waals surface area contributed by atoms with Crippen molar-refractivity contribution in [1.29, 1.82) is 0 Å². The average molecular weight is 258 g/mol. The summed E-state index contributed by atoms with van der Waals surface area (Å²) in [4.78, 5) is 0. The molecule has 2 heterocycles. The van der Waals surface area contributed by atoms with Gasteiger partial charge in [-0.3, -0.25) is 0 Å². The zero-order valence-corrected chi connectivity index (χ0v) is 9.37. The molecule has 0 saturated carbocycles. The predicted octanol–water partition coefficient (Wildman–Crippen LogP) is 1.56. The third-order valence-electron chi connectivity index (χ3n) is 3.05. The minimum atomic E-state index is -4.37. The van der Waals surface area contributed by atoms with Crippen LogP contribution in [-0.4, -0.2) is 26.5 Å². The quantitative estimate of drug-likeness (QED) is 0.715. The van der Waals surface area contributed by atoms with E-state index in [1.165, 1.54) is 6.07 Å². The maximum Gasteiger partial charge on any atom is 0.494 e. The van der Waals surface area contributed by atoms with Crippen LogP contribution in [0.2, 0.25) is 0 Å². The summed E-state index contributed by atoms with van der Waals surface area (Å²) in [6.07, 6.45) is -6.18. The molecule has 0 radical (unpaired) electrons. The Morgan fingerprint density at radius 1 is 1.17 bits per heavy atom. The van der Waals surface area contributed by atoms with Crippen molar-refractivity contribution in [3.63, 3.8) is 0 Å². The van der Waals surface area contributed by atoms with Crippen LogP contribution in [0.4, 0.5) is 13.2 Å². The van der Waals surface area contributed by atoms with E-state index in [2.05, 4.69) is 0 Å². The van der Waals surface area contributed by atoms with Gasteiger partial charge in [0.15, 0.2) is 6.10 Å². The molecular weight excluding hydrogens is 248 g/mol. The van der Waals surface area contributed by atoms with Gasteiger partial charge in [-0.05, 0) is 16.6 Å². The Hall–Kier alpha value is -1.05. The van der Waals surface area contributed by atoms with Crippen molar-refractivity contribution in [2.75, 3.05) is 13.2 Å². The first-order valence-electron chi connectivity index (χ1n) is 5.60. The van der Waals surface area contributed by atoms with E-state index in [1.807, 2.05) is 0 Å². The number of rotatable bonds is 1. The van der Waals surface area contributed by atoms with Gasteiger partial charge in [0.2, 0.25) is 0 Å². The smallest absolute Gasteiger partial charge is 0.405 e. The van der Waals surface area contributed by atoms with Gasteiger partial charge in [0, 0.05) is 0 Å². The summed E-state index contributed by atoms with van der Waals surface area (Å²) >= 11 is 0. The molecule has 0 amide bonds. The maximum atomic E-state index is 12.7. The molecular formula is C11H10BF3O3. The van der Waals surface area contributed by atoms with Crippen LogP contribution < -0.4 is 5.46 Å². The first-order chi connectivity index (χ1) is 8.55. The van der Waals surface area contributed by atoms with Gasteiger partial charge in [0.1, 0.15) is 0 Å². The fourth-order valence-corrected chi connectivity index (χ4v) is 2.24. The van der Waals surface area contributed by atoms with Gasteiger partial charge < -0.3 is 14.0 Å². The largest absolute Gasteiger partial charge is 0.494 e. The van der Waals surface area contributed by atoms with Crippen molar-refractivity contribution in [2.24, 2.45) is 0 Å². The SMILES string of the molecule is FC(F)(F)C1OCc2cc(B3OCCO3)ccc21. The zero-order valence-electron chi connectivity index (χ0n) is 9.37. The molecule has 1 unspecified atom stereocenters. The summed E-state index contributed by atoms with van der Waals surface area (Å²) in [6, 6.07) is 4.71. The van der Waals surface area contributed by atoms with Gasteiger partial charge in [-0.25, -0.2) is 0 Å². The van der Waals surface area contributed by atoms with E-state index >= 15 is 0 Å². The number of hydrogen-bond acceptors (Lipinski definition) is 3. The molecule has 96 valence electrons. The highest BCUT2D eigenvalue weighted by Crippen LogP contribution is 2.41. The molecule has 1 atom stereocenters. The third-order valence-corrected chi connectivity index (χ3v) is 3.05. The summed E-state index contributed by atoms with van der Waals surface area (Å²) in [5.41, 5.74) is 1.47. The van der Waals surface area contributed by atoms with Crippen molar-refractivity contribution in [3.05, 3.63) is 29.3 Å². The molecule has 1 aromatic rings. The molecule has 0 N–H and O–H groups in total. The molecule has 3 nitrogen and oxygen atoms in total. The van der Waals surface area contributed by atoms with Gasteiger partial charge in [-0.15, -0.1) is 0 Å². The molecule has 3 rings (SSSR count). The Morgan fingerprint density at radius 3 is 2.56 bits per heavy atom. The molecule has 0 bridgehead atoms. The van der Waals surface area contributed by atoms with Crippen LogP contribution in [0.15, 0.2) is 18.2 Å². The lowest BCUT2D eigenvalue weighted by molar-refractivity contribution is -0.219. The average Bonchev–Trinajstić information content (AvgIpc) is 2.96. The highest BCUT2D eigenvalue weighted by molar-refractivity contribution is 6.61. The zero-order chi connectivity index (χ0) is 12.8. The van der Waals surface area contributed by atoms with Gasteiger partial charge >= 0.3 is 13.3 Å². The van der Waals surface area contributed by atoms with E-state index in [1.54, 1.807) is 12.1 Å². The standard InChI is InChI=1S/C11H10BF3O3/c13-11(14,15)10-9-2-1-8(5-7(9)6-16-10)12-17-3-4-18-12/h1-2,5,10H,3-4,6H2. The Bertz CT molecular complexity index is 457. The highest BCUT2D eigenvalue weighted by Gasteiger charge is 2.46. The topological polar surface area (TPSA) is 27.7 Å². The minimum absolute atomic E-state index is 0.0277. The summed E-state index contributed by atoms with van der Waals surface area (Å²) in [5.74, 6) is 0. The molecule has 2 aliphatic heterocycles. The number of ether oxygens (including phenoxy) is 1. The van der Waals surface area contributed by atoms with Crippen LogP contribution in [0.1, 0.15) is 17.2 Å². The molecule has 1 fully saturated rings. The van der Waals surface area contributed by atoms with Crippen LogP contribution in [0.25, 0.3) is 0 Å². The minimum Gasteiger partial charge on any atom is -0.405 e. The van der Waals surface area contributed by atoms with E-state index < -0.39 is 19.4 Å². The molecule has 7 heteroatoms. The third kappa shape index (κ3) is 2.02. The molecule has 0 aromatic heterocycles. The van der Waals surface area contributed by atoms with Gasteiger partial charge in [-0.2, -0.15) is 13.2 Å². The Kier molecular flexibility index (Phi) is 2.84. The van der Waals surface area contributed by atoms with E-state index in [-0.39, 0.29) is 12.2 Å². The van der Waals surface area contributed by atoms with Crippen LogP contribution in [0, 0.1) is 0 Å². The predicted molar refractivity (Wildman–Crippen MR) is 57.3 cm³/mol. The summed E-state index contributed by atoms with van der Waals surface area (Å²) in [6.45, 7) is 0.979. The first kappa shape index (κ1) is 12.0. The second kappa shape index (κ2) is 4.26. The van der Waals surface area contributed by atoms with Crippen molar-refractivity contribution in [2.45, 2.75) is 18.9 Å². The van der Waals surface area contributed by atoms with Crippen LogP contribution in [0.3, 0.4) is 0 Å². The Morgan fingerprint density at radius 2 is 1.89 bits per heavy atom. The van der Waals surface area contributed by atoms with E-state index in [4.69, 9.17) is 14.0 Å². The fraction of sp³-hybridized carbons (Fsp3) is 0.455. The molecule has 0 aliphatic carbocycles. The monoisotopic (exact) mass is 258 g/mol. The highest BCUT2D eigenvalue weighted by atomic mass is 19.4. The van der Waals surface area contributed by atoms with E-state index in [9.17, 15) is 13.2 Å². The molecule has 1 saturated heterocycles. The second-order valence-corrected chi connectivity index (χ2v) is 4.26. The number of halogens is 3. The molecule has 0 spiro atoms. The van der Waals surface area contributed by atoms with Crippen LogP contribution in [-0.2, 0) is 20.7 Å². The summed E-state index contributed by atoms with van der Waals surface area (Å²) < 4.78 is 53.4. The lowest BCUT2D eigenvalue weighted by Gasteiger charge is -2.15. The van der Waals surface area contributed by atoms with Crippen molar-refractivity contribution >= 4 is 12.6 Å². The van der Waals surface area contributed by atoms with Crippen molar-refractivity contribution < 1.29 is 27.2 Å². The van der Waals surface area contributed by atoms with E-state index in [0.717, 1.165) is 5.46 Å². The Labute approximate surface area is 102 Å². The number of hydrogen-bond donors (Lipinski definition) is 0. The molecule has 18 heavy (non-hydrogen) atoms. The first-order valence-corrected chi connectivity index (χ1v) is 5.60. The molecule has 2 aliphatic rings. The Balaban J connectivity index is 1.89. The number of fused-ring (bicyclic) bond motifs is 1. The van der Waals surface area contributed by atoms with Gasteiger partial charge in [0.05, 0.1) is 19.8 Å². The lowest BCUT2D eigenvalue weighted by atomic mass is 9.78. The second-order valence-electron chi connectivity index (χ2n) is 4.26. The van der Waals surface area contributed by atoms with Crippen LogP contribution in [0.5, 0.6) is 0 Å². The fourth-order valence-electron chi connectivity index (χ4n) is 2.24. The maximum absolute atomic E-state index is 12.7. The normalized spacial score (nSPS) is 23.5. The summed E-state index contributed by atoms with van der Waals surface area (Å²) in [7, 11) is -0.472. The van der Waals surface area contributed by atoms with Crippen molar-refractivity contribution in [1.82, 2.24) is 0 Å². The summed E-state index contributed by atoms with van der Waals surface area (Å²) in [5, 5.41) is 0. The number of alkyl halides is 3. The van der Waals surface area contributed by atoms with Gasteiger partial charge in [-0.1, -0.05) is 18.2 Å². The van der Waals surface area contributed by atoms with Crippen molar-refractivity contribution in [3.8, 4) is 0 Å². The molecule has 1 aromatic carbocycles. The lowest BCUT2D eigenvalue weighted by Crippen LogP contribution is -2.32. The number of benzene rings is 1. The van der Waals surface area contributed by atoms with Crippen LogP contribution >= 0.6 is 0 Å².